The number of aryl methyl sites for hydroxylation is 1. The fourth-order valence-corrected chi connectivity index (χ4v) is 4.92. The topological polar surface area (TPSA) is 99.0 Å². The zero-order valence-electron chi connectivity index (χ0n) is 14.8. The molecular weight excluding hydrogens is 350 g/mol. The summed E-state index contributed by atoms with van der Waals surface area (Å²) in [5, 5.41) is 12.3. The second-order valence-corrected chi connectivity index (χ2v) is 8.55. The van der Waals surface area contributed by atoms with E-state index in [-0.39, 0.29) is 17.5 Å². The molecule has 1 aromatic carbocycles. The van der Waals surface area contributed by atoms with E-state index in [0.29, 0.717) is 36.0 Å². The van der Waals surface area contributed by atoms with Crippen molar-refractivity contribution in [2.75, 3.05) is 28.3 Å². The molecule has 1 aromatic heterocycles. The van der Waals surface area contributed by atoms with Gasteiger partial charge in [0.05, 0.1) is 22.8 Å². The van der Waals surface area contributed by atoms with Crippen LogP contribution in [0.25, 0.3) is 0 Å². The molecule has 136 valence electrons. The highest BCUT2D eigenvalue weighted by atomic mass is 32.2. The van der Waals surface area contributed by atoms with Crippen molar-refractivity contribution in [2.24, 2.45) is 0 Å². The van der Waals surface area contributed by atoms with E-state index in [2.05, 4.69) is 21.4 Å². The summed E-state index contributed by atoms with van der Waals surface area (Å²) < 4.78 is 23.7. The molecule has 7 nitrogen and oxygen atoms in total. The number of nitrogens with one attached hydrogen (secondary N) is 1. The highest BCUT2D eigenvalue weighted by Gasteiger charge is 2.32. The molecule has 1 fully saturated rings. The summed E-state index contributed by atoms with van der Waals surface area (Å²) in [6.45, 7) is 4.51. The van der Waals surface area contributed by atoms with E-state index < -0.39 is 9.84 Å². The van der Waals surface area contributed by atoms with Crippen LogP contribution in [0.3, 0.4) is 0 Å². The molecule has 1 saturated heterocycles. The fourth-order valence-electron chi connectivity index (χ4n) is 3.19. The zero-order valence-corrected chi connectivity index (χ0v) is 15.6. The van der Waals surface area contributed by atoms with Crippen molar-refractivity contribution in [1.29, 1.82) is 5.26 Å². The van der Waals surface area contributed by atoms with Gasteiger partial charge in [0.15, 0.2) is 9.84 Å². The summed E-state index contributed by atoms with van der Waals surface area (Å²) in [6.07, 6.45) is 0.610. The average Bonchev–Trinajstić information content (AvgIpc) is 2.95. The van der Waals surface area contributed by atoms with Gasteiger partial charge < -0.3 is 10.2 Å². The lowest BCUT2D eigenvalue weighted by atomic mass is 10.2. The van der Waals surface area contributed by atoms with Crippen molar-refractivity contribution >= 4 is 27.3 Å². The molecule has 0 spiro atoms. The summed E-state index contributed by atoms with van der Waals surface area (Å²) in [7, 11) is -2.97. The third-order valence-corrected chi connectivity index (χ3v) is 6.17. The minimum atomic E-state index is -2.97. The number of para-hydroxylation sites is 1. The Hall–Kier alpha value is -2.66. The fraction of sp³-hybridized carbons (Fsp3) is 0.389. The van der Waals surface area contributed by atoms with Crippen molar-refractivity contribution < 1.29 is 8.42 Å². The molecule has 2 heterocycles. The van der Waals surface area contributed by atoms with Crippen LogP contribution in [0.15, 0.2) is 30.3 Å². The van der Waals surface area contributed by atoms with E-state index in [0.717, 1.165) is 5.69 Å². The lowest BCUT2D eigenvalue weighted by Crippen LogP contribution is -2.37. The molecular formula is C18H21N5O2S. The van der Waals surface area contributed by atoms with Gasteiger partial charge in [0.1, 0.15) is 11.9 Å². The number of nitriles is 1. The van der Waals surface area contributed by atoms with Crippen LogP contribution in [-0.2, 0) is 9.84 Å². The van der Waals surface area contributed by atoms with Crippen molar-refractivity contribution in [3.05, 3.63) is 41.6 Å². The van der Waals surface area contributed by atoms with Gasteiger partial charge in [-0.15, -0.1) is 0 Å². The Morgan fingerprint density at radius 2 is 2.12 bits per heavy atom. The predicted octanol–water partition coefficient (Wildman–Crippen LogP) is 2.41. The molecule has 0 amide bonds. The van der Waals surface area contributed by atoms with Crippen LogP contribution in [-0.4, -0.2) is 42.5 Å². The largest absolute Gasteiger partial charge is 0.353 e. The van der Waals surface area contributed by atoms with E-state index in [1.54, 1.807) is 18.2 Å². The first-order chi connectivity index (χ1) is 12.4. The van der Waals surface area contributed by atoms with Crippen molar-refractivity contribution in [2.45, 2.75) is 26.3 Å². The highest BCUT2D eigenvalue weighted by Crippen LogP contribution is 2.25. The molecule has 1 N–H and O–H groups in total. The van der Waals surface area contributed by atoms with Gasteiger partial charge in [0, 0.05) is 24.3 Å². The minimum Gasteiger partial charge on any atom is -0.353 e. The first-order valence-corrected chi connectivity index (χ1v) is 10.3. The third-order valence-electron chi connectivity index (χ3n) is 4.42. The van der Waals surface area contributed by atoms with E-state index in [9.17, 15) is 13.7 Å². The maximum Gasteiger partial charge on any atom is 0.229 e. The van der Waals surface area contributed by atoms with Gasteiger partial charge in [-0.2, -0.15) is 10.2 Å². The van der Waals surface area contributed by atoms with E-state index >= 15 is 0 Å². The molecule has 0 aliphatic carbocycles. The maximum absolute atomic E-state index is 11.8. The smallest absolute Gasteiger partial charge is 0.229 e. The molecule has 1 unspecified atom stereocenters. The highest BCUT2D eigenvalue weighted by molar-refractivity contribution is 7.91. The Morgan fingerprint density at radius 3 is 2.77 bits per heavy atom. The quantitative estimate of drug-likeness (QED) is 0.861. The Morgan fingerprint density at radius 1 is 1.35 bits per heavy atom. The standard InChI is InChI=1S/C18H21N5O2S/c1-3-23(15-8-9-26(24,25)12-15)17-10-13(2)20-18(22-17)21-16-7-5-4-6-14(16)11-19/h4-7,10,15H,3,8-9,12H2,1-2H3,(H,20,21,22). The maximum atomic E-state index is 11.8. The molecule has 0 bridgehead atoms. The number of benzene rings is 1. The van der Waals surface area contributed by atoms with Crippen molar-refractivity contribution in [3.63, 3.8) is 0 Å². The second-order valence-electron chi connectivity index (χ2n) is 6.32. The van der Waals surface area contributed by atoms with Gasteiger partial charge >= 0.3 is 0 Å². The number of anilines is 3. The van der Waals surface area contributed by atoms with Crippen LogP contribution >= 0.6 is 0 Å². The SMILES string of the molecule is CCN(c1cc(C)nc(Nc2ccccc2C#N)n1)C1CCS(=O)(=O)C1. The Bertz CT molecular complexity index is 952. The van der Waals surface area contributed by atoms with Gasteiger partial charge in [-0.3, -0.25) is 0 Å². The Balaban J connectivity index is 1.91. The summed E-state index contributed by atoms with van der Waals surface area (Å²) in [5.74, 6) is 1.46. The van der Waals surface area contributed by atoms with Gasteiger partial charge in [-0.25, -0.2) is 13.4 Å². The zero-order chi connectivity index (χ0) is 18.7. The van der Waals surface area contributed by atoms with E-state index in [1.807, 2.05) is 30.9 Å². The molecule has 1 aliphatic heterocycles. The van der Waals surface area contributed by atoms with E-state index in [4.69, 9.17) is 0 Å². The lowest BCUT2D eigenvalue weighted by molar-refractivity contribution is 0.599. The number of nitrogens with zero attached hydrogens (tertiary/aromatic N) is 4. The number of sulfone groups is 1. The van der Waals surface area contributed by atoms with E-state index in [1.165, 1.54) is 0 Å². The Kier molecular flexibility index (Phi) is 5.09. The van der Waals surface area contributed by atoms with Crippen LogP contribution in [0.2, 0.25) is 0 Å². The Labute approximate surface area is 153 Å². The first kappa shape index (κ1) is 18.1. The van der Waals surface area contributed by atoms with Crippen LogP contribution in [0, 0.1) is 18.3 Å². The van der Waals surface area contributed by atoms with Crippen molar-refractivity contribution in [3.8, 4) is 6.07 Å². The molecule has 1 atom stereocenters. The summed E-state index contributed by atoms with van der Waals surface area (Å²) in [4.78, 5) is 11.0. The normalized spacial score (nSPS) is 18.3. The second kappa shape index (κ2) is 7.30. The summed E-state index contributed by atoms with van der Waals surface area (Å²) >= 11 is 0. The monoisotopic (exact) mass is 371 g/mol. The summed E-state index contributed by atoms with van der Waals surface area (Å²) in [5.41, 5.74) is 1.91. The van der Waals surface area contributed by atoms with Gasteiger partial charge in [0.2, 0.25) is 5.95 Å². The minimum absolute atomic E-state index is 0.0708. The van der Waals surface area contributed by atoms with Crippen LogP contribution in [0.4, 0.5) is 17.5 Å². The lowest BCUT2D eigenvalue weighted by Gasteiger charge is -2.28. The molecule has 0 radical (unpaired) electrons. The van der Waals surface area contributed by atoms with Crippen LogP contribution in [0.1, 0.15) is 24.6 Å². The molecule has 1 aliphatic rings. The molecule has 3 rings (SSSR count). The molecule has 26 heavy (non-hydrogen) atoms. The van der Waals surface area contributed by atoms with Crippen LogP contribution < -0.4 is 10.2 Å². The third kappa shape index (κ3) is 3.94. The number of rotatable bonds is 5. The molecule has 0 saturated carbocycles. The summed E-state index contributed by atoms with van der Waals surface area (Å²) in [6, 6.07) is 11.1. The number of hydrogen-bond acceptors (Lipinski definition) is 7. The van der Waals surface area contributed by atoms with Gasteiger partial charge in [0.25, 0.3) is 0 Å². The molecule has 2 aromatic rings. The molecule has 8 heteroatoms. The van der Waals surface area contributed by atoms with Gasteiger partial charge in [-0.05, 0) is 32.4 Å². The predicted molar refractivity (Wildman–Crippen MR) is 101 cm³/mol. The number of aromatic nitrogens is 2. The van der Waals surface area contributed by atoms with Gasteiger partial charge in [-0.1, -0.05) is 12.1 Å². The van der Waals surface area contributed by atoms with Crippen LogP contribution in [0.5, 0.6) is 0 Å². The number of hydrogen-bond donors (Lipinski definition) is 1. The van der Waals surface area contributed by atoms with Crippen molar-refractivity contribution in [1.82, 2.24) is 9.97 Å². The first-order valence-electron chi connectivity index (χ1n) is 8.51. The average molecular weight is 371 g/mol.